The normalized spacial score (nSPS) is 16.6. The molecule has 7 heteroatoms. The van der Waals surface area contributed by atoms with Gasteiger partial charge in [0.25, 0.3) is 0 Å². The van der Waals surface area contributed by atoms with E-state index in [2.05, 4.69) is 11.1 Å². The first kappa shape index (κ1) is 21.7. The minimum absolute atomic E-state index is 0.0357. The van der Waals surface area contributed by atoms with E-state index in [0.29, 0.717) is 31.1 Å². The zero-order valence-corrected chi connectivity index (χ0v) is 18.5. The summed E-state index contributed by atoms with van der Waals surface area (Å²) in [5.41, 5.74) is 2.76. The van der Waals surface area contributed by atoms with E-state index >= 15 is 0 Å². The lowest BCUT2D eigenvalue weighted by molar-refractivity contribution is -0.137. The van der Waals surface area contributed by atoms with Crippen molar-refractivity contribution in [2.75, 3.05) is 26.3 Å². The highest BCUT2D eigenvalue weighted by atomic mass is 16.5. The summed E-state index contributed by atoms with van der Waals surface area (Å²) < 4.78 is 11.8. The van der Waals surface area contributed by atoms with E-state index < -0.39 is 5.41 Å². The Morgan fingerprint density at radius 2 is 2.09 bits per heavy atom. The van der Waals surface area contributed by atoms with Crippen LogP contribution in [0.1, 0.15) is 26.3 Å². The number of benzene rings is 1. The molecule has 1 atom stereocenters. The highest BCUT2D eigenvalue weighted by Crippen LogP contribution is 2.30. The number of nitrogens with zero attached hydrogens (tertiary/aromatic N) is 4. The molecule has 7 nitrogen and oxygen atoms in total. The number of nitriles is 1. The van der Waals surface area contributed by atoms with Crippen LogP contribution in [0.25, 0.3) is 22.2 Å². The van der Waals surface area contributed by atoms with Gasteiger partial charge >= 0.3 is 0 Å². The molecule has 0 aliphatic carbocycles. The third-order valence-electron chi connectivity index (χ3n) is 5.73. The molecule has 1 aliphatic heterocycles. The first-order valence-electron chi connectivity index (χ1n) is 10.7. The number of hydrogen-bond donors (Lipinski definition) is 0. The molecule has 2 aromatic heterocycles. The molecule has 3 aromatic rings. The Morgan fingerprint density at radius 3 is 2.81 bits per heavy atom. The maximum absolute atomic E-state index is 11.7. The molecular weight excluding hydrogens is 404 g/mol. The lowest BCUT2D eigenvalue weighted by Crippen LogP contribution is -2.46. The molecular formula is C25H26N4O3. The Bertz CT molecular complexity index is 1170. The summed E-state index contributed by atoms with van der Waals surface area (Å²) in [6.07, 6.45) is 1.49. The minimum Gasteiger partial charge on any atom is -0.473 e. The van der Waals surface area contributed by atoms with Gasteiger partial charge in [-0.1, -0.05) is 30.3 Å². The number of carbonyl (C=O) groups is 1. The molecule has 1 fully saturated rings. The number of ether oxygens (including phenoxy) is 2. The van der Waals surface area contributed by atoms with Crippen LogP contribution in [0.4, 0.5) is 0 Å². The molecule has 0 unspecified atom stereocenters. The van der Waals surface area contributed by atoms with Crippen molar-refractivity contribution in [1.82, 2.24) is 14.9 Å². The molecule has 1 amide bonds. The van der Waals surface area contributed by atoms with Crippen molar-refractivity contribution in [3.8, 4) is 23.2 Å². The van der Waals surface area contributed by atoms with E-state index in [4.69, 9.17) is 14.5 Å². The summed E-state index contributed by atoms with van der Waals surface area (Å²) in [6.45, 7) is 7.23. The van der Waals surface area contributed by atoms with E-state index in [1.165, 1.54) is 0 Å². The Kier molecular flexibility index (Phi) is 6.06. The number of aromatic nitrogens is 2. The van der Waals surface area contributed by atoms with Gasteiger partial charge in [0.05, 0.1) is 30.3 Å². The molecule has 1 aromatic carbocycles. The smallest absolute Gasteiger partial charge is 0.241 e. The van der Waals surface area contributed by atoms with Crippen molar-refractivity contribution >= 4 is 16.8 Å². The number of fused-ring (bicyclic) bond motifs is 1. The third kappa shape index (κ3) is 4.56. The van der Waals surface area contributed by atoms with Gasteiger partial charge in [0.15, 0.2) is 0 Å². The number of hydrogen-bond acceptors (Lipinski definition) is 6. The summed E-state index contributed by atoms with van der Waals surface area (Å²) in [6, 6.07) is 16.0. The predicted octanol–water partition coefficient (Wildman–Crippen LogP) is 3.72. The maximum Gasteiger partial charge on any atom is 0.241 e. The summed E-state index contributed by atoms with van der Waals surface area (Å²) >= 11 is 0. The van der Waals surface area contributed by atoms with Crippen molar-refractivity contribution in [3.05, 3.63) is 54.2 Å². The van der Waals surface area contributed by atoms with Crippen LogP contribution in [-0.2, 0) is 14.9 Å². The molecule has 0 saturated carbocycles. The fourth-order valence-corrected chi connectivity index (χ4v) is 3.70. The summed E-state index contributed by atoms with van der Waals surface area (Å²) in [5, 5.41) is 10.3. The third-order valence-corrected chi connectivity index (χ3v) is 5.73. The Hall–Kier alpha value is -3.50. The molecule has 0 N–H and O–H groups in total. The topological polar surface area (TPSA) is 88.3 Å². The highest BCUT2D eigenvalue weighted by Gasteiger charge is 2.24. The van der Waals surface area contributed by atoms with E-state index in [0.717, 1.165) is 22.2 Å². The van der Waals surface area contributed by atoms with Gasteiger partial charge < -0.3 is 14.4 Å². The second-order valence-corrected chi connectivity index (χ2v) is 8.47. The van der Waals surface area contributed by atoms with E-state index in [-0.39, 0.29) is 18.6 Å². The van der Waals surface area contributed by atoms with Crippen LogP contribution in [-0.4, -0.2) is 53.2 Å². The highest BCUT2D eigenvalue weighted by molar-refractivity contribution is 5.86. The minimum atomic E-state index is -0.554. The maximum atomic E-state index is 11.7. The molecule has 1 aliphatic rings. The zero-order valence-electron chi connectivity index (χ0n) is 18.5. The summed E-state index contributed by atoms with van der Waals surface area (Å²) in [5.74, 6) is 0.469. The Balaban J connectivity index is 1.61. The van der Waals surface area contributed by atoms with Crippen LogP contribution < -0.4 is 4.74 Å². The van der Waals surface area contributed by atoms with Crippen LogP contribution in [0.3, 0.4) is 0 Å². The number of rotatable bonds is 5. The molecule has 0 spiro atoms. The largest absolute Gasteiger partial charge is 0.473 e. The Morgan fingerprint density at radius 1 is 1.31 bits per heavy atom. The quantitative estimate of drug-likeness (QED) is 0.613. The van der Waals surface area contributed by atoms with E-state index in [9.17, 15) is 10.1 Å². The van der Waals surface area contributed by atoms with Crippen molar-refractivity contribution in [3.63, 3.8) is 0 Å². The predicted molar refractivity (Wildman–Crippen MR) is 121 cm³/mol. The average Bonchev–Trinajstić information content (AvgIpc) is 2.82. The van der Waals surface area contributed by atoms with Crippen molar-refractivity contribution in [1.29, 1.82) is 5.26 Å². The van der Waals surface area contributed by atoms with Crippen LogP contribution in [0, 0.1) is 11.3 Å². The Labute approximate surface area is 187 Å². The first-order chi connectivity index (χ1) is 15.4. The van der Waals surface area contributed by atoms with Gasteiger partial charge in [-0.15, -0.1) is 0 Å². The fraction of sp³-hybridized carbons (Fsp3) is 0.360. The molecule has 0 radical (unpaired) electrons. The molecule has 164 valence electrons. The second kappa shape index (κ2) is 8.93. The van der Waals surface area contributed by atoms with Gasteiger partial charge in [0, 0.05) is 30.6 Å². The van der Waals surface area contributed by atoms with Crippen LogP contribution in [0.15, 0.2) is 48.7 Å². The molecule has 0 bridgehead atoms. The van der Waals surface area contributed by atoms with E-state index in [1.807, 2.05) is 56.3 Å². The SMILES string of the molecule is CC(=O)N1CCO[C@H](COc2nc(-c3ccc(C(C)(C)C#N)cc3)cc3cccnc23)C1. The van der Waals surface area contributed by atoms with Gasteiger partial charge in [0.1, 0.15) is 18.2 Å². The van der Waals surface area contributed by atoms with Gasteiger partial charge in [-0.05, 0) is 31.5 Å². The molecule has 32 heavy (non-hydrogen) atoms. The lowest BCUT2D eigenvalue weighted by Gasteiger charge is -2.32. The molecule has 3 heterocycles. The lowest BCUT2D eigenvalue weighted by atomic mass is 9.86. The number of morpholine rings is 1. The molecule has 1 saturated heterocycles. The fourth-order valence-electron chi connectivity index (χ4n) is 3.70. The van der Waals surface area contributed by atoms with Crippen molar-refractivity contribution in [2.24, 2.45) is 0 Å². The van der Waals surface area contributed by atoms with Crippen molar-refractivity contribution < 1.29 is 14.3 Å². The van der Waals surface area contributed by atoms with Crippen LogP contribution in [0.5, 0.6) is 5.88 Å². The van der Waals surface area contributed by atoms with Gasteiger partial charge in [-0.25, -0.2) is 4.98 Å². The standard InChI is InChI=1S/C25H26N4O3/c1-17(30)29-11-12-31-21(14-29)15-32-24-23-19(5-4-10-27-23)13-22(28-24)18-6-8-20(9-7-18)25(2,3)16-26/h4-10,13,21H,11-12,14-15H2,1-3H3/t21-/m0/s1. The first-order valence-corrected chi connectivity index (χ1v) is 10.7. The molecule has 4 rings (SSSR count). The van der Waals surface area contributed by atoms with Gasteiger partial charge in [-0.3, -0.25) is 9.78 Å². The monoisotopic (exact) mass is 430 g/mol. The zero-order chi connectivity index (χ0) is 22.7. The second-order valence-electron chi connectivity index (χ2n) is 8.47. The van der Waals surface area contributed by atoms with Crippen LogP contribution >= 0.6 is 0 Å². The number of pyridine rings is 2. The summed E-state index contributed by atoms with van der Waals surface area (Å²) in [7, 11) is 0. The van der Waals surface area contributed by atoms with Crippen LogP contribution in [0.2, 0.25) is 0 Å². The average molecular weight is 431 g/mol. The van der Waals surface area contributed by atoms with Gasteiger partial charge in [-0.2, -0.15) is 5.26 Å². The van der Waals surface area contributed by atoms with E-state index in [1.54, 1.807) is 18.0 Å². The number of carbonyl (C=O) groups excluding carboxylic acids is 1. The summed E-state index contributed by atoms with van der Waals surface area (Å²) in [4.78, 5) is 22.6. The van der Waals surface area contributed by atoms with Crippen molar-refractivity contribution in [2.45, 2.75) is 32.3 Å². The van der Waals surface area contributed by atoms with Gasteiger partial charge in [0.2, 0.25) is 11.8 Å². The number of amides is 1.